The quantitative estimate of drug-likeness (QED) is 0.891. The summed E-state index contributed by atoms with van der Waals surface area (Å²) in [6.45, 7) is 0. The predicted molar refractivity (Wildman–Crippen MR) is 76.0 cm³/mol. The van der Waals surface area contributed by atoms with Gasteiger partial charge in [0.15, 0.2) is 11.5 Å². The first-order valence-corrected chi connectivity index (χ1v) is 6.67. The van der Waals surface area contributed by atoms with Gasteiger partial charge < -0.3 is 20.3 Å². The Morgan fingerprint density at radius 2 is 2.10 bits per heavy atom. The van der Waals surface area contributed by atoms with Crippen LogP contribution in [-0.2, 0) is 0 Å². The van der Waals surface area contributed by atoms with E-state index in [0.29, 0.717) is 17.9 Å². The van der Waals surface area contributed by atoms with Crippen molar-refractivity contribution in [2.45, 2.75) is 18.6 Å². The second kappa shape index (κ2) is 5.26. The lowest BCUT2D eigenvalue weighted by Gasteiger charge is -2.30. The van der Waals surface area contributed by atoms with Gasteiger partial charge in [-0.25, -0.2) is 4.39 Å². The SMILES string of the molecule is COc1ccc(C2CC(N)c3ccc(F)cc3O2)cc1O. The molecule has 2 unspecified atom stereocenters. The molecule has 0 aliphatic carbocycles. The third-order valence-electron chi connectivity index (χ3n) is 3.69. The third kappa shape index (κ3) is 2.52. The van der Waals surface area contributed by atoms with Gasteiger partial charge in [0, 0.05) is 24.1 Å². The molecule has 1 heterocycles. The molecule has 4 nitrogen and oxygen atoms in total. The monoisotopic (exact) mass is 289 g/mol. The normalized spacial score (nSPS) is 20.5. The fourth-order valence-electron chi connectivity index (χ4n) is 2.59. The van der Waals surface area contributed by atoms with Crippen LogP contribution >= 0.6 is 0 Å². The highest BCUT2D eigenvalue weighted by Gasteiger charge is 2.27. The molecule has 21 heavy (non-hydrogen) atoms. The minimum Gasteiger partial charge on any atom is -0.504 e. The summed E-state index contributed by atoms with van der Waals surface area (Å²) in [5, 5.41) is 9.86. The van der Waals surface area contributed by atoms with E-state index >= 15 is 0 Å². The van der Waals surface area contributed by atoms with E-state index in [2.05, 4.69) is 0 Å². The molecule has 0 radical (unpaired) electrons. The molecule has 110 valence electrons. The standard InChI is InChI=1S/C16H16FNO3/c1-20-14-5-2-9(6-13(14)19)15-8-12(18)11-4-3-10(17)7-16(11)21-15/h2-7,12,15,19H,8,18H2,1H3. The van der Waals surface area contributed by atoms with Crippen molar-refractivity contribution in [3.05, 3.63) is 53.3 Å². The molecule has 1 aliphatic heterocycles. The summed E-state index contributed by atoms with van der Waals surface area (Å²) in [4.78, 5) is 0. The van der Waals surface area contributed by atoms with Crippen LogP contribution in [0, 0.1) is 5.82 Å². The zero-order valence-electron chi connectivity index (χ0n) is 11.5. The molecule has 0 fully saturated rings. The number of aromatic hydroxyl groups is 1. The number of ether oxygens (including phenoxy) is 2. The molecular formula is C16H16FNO3. The summed E-state index contributed by atoms with van der Waals surface area (Å²) < 4.78 is 24.2. The molecular weight excluding hydrogens is 273 g/mol. The smallest absolute Gasteiger partial charge is 0.160 e. The van der Waals surface area contributed by atoms with Crippen LogP contribution in [-0.4, -0.2) is 12.2 Å². The molecule has 0 amide bonds. The van der Waals surface area contributed by atoms with Gasteiger partial charge in [-0.1, -0.05) is 12.1 Å². The first kappa shape index (κ1) is 13.7. The molecule has 0 saturated heterocycles. The number of phenols is 1. The van der Waals surface area contributed by atoms with E-state index in [9.17, 15) is 9.50 Å². The molecule has 0 bridgehead atoms. The van der Waals surface area contributed by atoms with Crippen LogP contribution in [0.1, 0.15) is 29.7 Å². The maximum absolute atomic E-state index is 13.3. The molecule has 0 spiro atoms. The predicted octanol–water partition coefficient (Wildman–Crippen LogP) is 3.06. The van der Waals surface area contributed by atoms with Crippen LogP contribution in [0.25, 0.3) is 0 Å². The van der Waals surface area contributed by atoms with Crippen LogP contribution in [0.4, 0.5) is 4.39 Å². The van der Waals surface area contributed by atoms with E-state index in [4.69, 9.17) is 15.2 Å². The van der Waals surface area contributed by atoms with Crippen molar-refractivity contribution in [3.63, 3.8) is 0 Å². The first-order chi connectivity index (χ1) is 10.1. The summed E-state index contributed by atoms with van der Waals surface area (Å²) in [5.41, 5.74) is 7.70. The topological polar surface area (TPSA) is 64.7 Å². The summed E-state index contributed by atoms with van der Waals surface area (Å²) in [5.74, 6) is 0.524. The fourth-order valence-corrected chi connectivity index (χ4v) is 2.59. The summed E-state index contributed by atoms with van der Waals surface area (Å²) in [6, 6.07) is 9.19. The Hall–Kier alpha value is -2.27. The lowest BCUT2D eigenvalue weighted by atomic mass is 9.93. The molecule has 3 rings (SSSR count). The van der Waals surface area contributed by atoms with Crippen molar-refractivity contribution in [2.75, 3.05) is 7.11 Å². The van der Waals surface area contributed by atoms with Gasteiger partial charge in [0.25, 0.3) is 0 Å². The van der Waals surface area contributed by atoms with Crippen molar-refractivity contribution in [3.8, 4) is 17.2 Å². The highest BCUT2D eigenvalue weighted by molar-refractivity contribution is 5.44. The second-order valence-electron chi connectivity index (χ2n) is 5.06. The van der Waals surface area contributed by atoms with E-state index in [1.54, 1.807) is 24.3 Å². The molecule has 1 aliphatic rings. The van der Waals surface area contributed by atoms with Crippen molar-refractivity contribution in [2.24, 2.45) is 5.73 Å². The van der Waals surface area contributed by atoms with Gasteiger partial charge in [0.1, 0.15) is 17.7 Å². The summed E-state index contributed by atoms with van der Waals surface area (Å²) in [7, 11) is 1.49. The van der Waals surface area contributed by atoms with Crippen LogP contribution in [0.3, 0.4) is 0 Å². The lowest BCUT2D eigenvalue weighted by Crippen LogP contribution is -2.24. The van der Waals surface area contributed by atoms with Crippen molar-refractivity contribution < 1.29 is 19.0 Å². The maximum atomic E-state index is 13.3. The molecule has 0 aromatic heterocycles. The Balaban J connectivity index is 1.93. The van der Waals surface area contributed by atoms with Crippen molar-refractivity contribution >= 4 is 0 Å². The largest absolute Gasteiger partial charge is 0.504 e. The van der Waals surface area contributed by atoms with Crippen LogP contribution in [0.2, 0.25) is 0 Å². The Bertz CT molecular complexity index is 675. The minimum atomic E-state index is -0.362. The Labute approximate surface area is 121 Å². The number of nitrogens with two attached hydrogens (primary N) is 1. The van der Waals surface area contributed by atoms with Crippen molar-refractivity contribution in [1.82, 2.24) is 0 Å². The molecule has 2 aromatic carbocycles. The Morgan fingerprint density at radius 1 is 1.29 bits per heavy atom. The van der Waals surface area contributed by atoms with Crippen LogP contribution in [0.5, 0.6) is 17.2 Å². The number of rotatable bonds is 2. The van der Waals surface area contributed by atoms with E-state index in [0.717, 1.165) is 11.1 Å². The average molecular weight is 289 g/mol. The Morgan fingerprint density at radius 3 is 2.81 bits per heavy atom. The number of hydrogen-bond donors (Lipinski definition) is 2. The number of phenolic OH excluding ortho intramolecular Hbond substituents is 1. The van der Waals surface area contributed by atoms with Gasteiger partial charge >= 0.3 is 0 Å². The number of methoxy groups -OCH3 is 1. The van der Waals surface area contributed by atoms with Crippen LogP contribution < -0.4 is 15.2 Å². The molecule has 3 N–H and O–H groups in total. The number of fused-ring (bicyclic) bond motifs is 1. The zero-order chi connectivity index (χ0) is 15.0. The van der Waals surface area contributed by atoms with E-state index in [-0.39, 0.29) is 23.7 Å². The number of halogens is 1. The lowest BCUT2D eigenvalue weighted by molar-refractivity contribution is 0.160. The maximum Gasteiger partial charge on any atom is 0.160 e. The molecule has 0 saturated carbocycles. The van der Waals surface area contributed by atoms with Crippen LogP contribution in [0.15, 0.2) is 36.4 Å². The van der Waals surface area contributed by atoms with E-state index in [1.807, 2.05) is 0 Å². The van der Waals surface area contributed by atoms with Gasteiger partial charge in [0.2, 0.25) is 0 Å². The Kier molecular flexibility index (Phi) is 3.43. The fraction of sp³-hybridized carbons (Fsp3) is 0.250. The number of benzene rings is 2. The molecule has 2 atom stereocenters. The van der Waals surface area contributed by atoms with Gasteiger partial charge in [-0.2, -0.15) is 0 Å². The number of hydrogen-bond acceptors (Lipinski definition) is 4. The van der Waals surface area contributed by atoms with Gasteiger partial charge in [-0.05, 0) is 23.8 Å². The van der Waals surface area contributed by atoms with E-state index in [1.165, 1.54) is 19.2 Å². The highest BCUT2D eigenvalue weighted by Crippen LogP contribution is 2.41. The molecule has 2 aromatic rings. The highest BCUT2D eigenvalue weighted by atomic mass is 19.1. The van der Waals surface area contributed by atoms with Gasteiger partial charge in [-0.3, -0.25) is 0 Å². The first-order valence-electron chi connectivity index (χ1n) is 6.67. The van der Waals surface area contributed by atoms with Gasteiger partial charge in [0.05, 0.1) is 7.11 Å². The van der Waals surface area contributed by atoms with Crippen molar-refractivity contribution in [1.29, 1.82) is 0 Å². The van der Waals surface area contributed by atoms with E-state index < -0.39 is 0 Å². The zero-order valence-corrected chi connectivity index (χ0v) is 11.5. The average Bonchev–Trinajstić information content (AvgIpc) is 2.46. The second-order valence-corrected chi connectivity index (χ2v) is 5.06. The summed E-state index contributed by atoms with van der Waals surface area (Å²) in [6.07, 6.45) is 0.232. The van der Waals surface area contributed by atoms with Gasteiger partial charge in [-0.15, -0.1) is 0 Å². The third-order valence-corrected chi connectivity index (χ3v) is 3.69. The molecule has 5 heteroatoms. The minimum absolute atomic E-state index is 0.0391. The summed E-state index contributed by atoms with van der Waals surface area (Å²) >= 11 is 0.